The zero-order chi connectivity index (χ0) is 11.4. The summed E-state index contributed by atoms with van der Waals surface area (Å²) in [5, 5.41) is 3.90. The Balaban J connectivity index is 2.15. The molecule has 0 saturated carbocycles. The van der Waals surface area contributed by atoms with Crippen LogP contribution in [0.5, 0.6) is 0 Å². The summed E-state index contributed by atoms with van der Waals surface area (Å²) in [4.78, 5) is 8.46. The Morgan fingerprint density at radius 3 is 2.94 bits per heavy atom. The average Bonchev–Trinajstić information content (AvgIpc) is 2.76. The van der Waals surface area contributed by atoms with Gasteiger partial charge >= 0.3 is 0 Å². The number of hydrogen-bond acceptors (Lipinski definition) is 5. The molecule has 5 nitrogen and oxygen atoms in total. The molecule has 16 heavy (non-hydrogen) atoms. The molecule has 2 heterocycles. The maximum Gasteiger partial charge on any atom is 0.227 e. The summed E-state index contributed by atoms with van der Waals surface area (Å²) in [5.74, 6) is 1.21. The van der Waals surface area contributed by atoms with Gasteiger partial charge in [0.25, 0.3) is 0 Å². The number of aromatic nitrogens is 3. The Morgan fingerprint density at radius 1 is 1.38 bits per heavy atom. The van der Waals surface area contributed by atoms with Crippen molar-refractivity contribution < 1.29 is 4.52 Å². The van der Waals surface area contributed by atoms with Gasteiger partial charge in [0.15, 0.2) is 0 Å². The third-order valence-corrected chi connectivity index (χ3v) is 2.23. The van der Waals surface area contributed by atoms with E-state index < -0.39 is 0 Å². The molecule has 0 fully saturated rings. The second-order valence-corrected chi connectivity index (χ2v) is 3.59. The summed E-state index contributed by atoms with van der Waals surface area (Å²) in [6.45, 7) is 2.57. The predicted molar refractivity (Wildman–Crippen MR) is 59.6 cm³/mol. The third-order valence-electron chi connectivity index (χ3n) is 2.23. The largest absolute Gasteiger partial charge is 0.339 e. The van der Waals surface area contributed by atoms with Crippen molar-refractivity contribution in [3.63, 3.8) is 0 Å². The van der Waals surface area contributed by atoms with E-state index in [0.29, 0.717) is 18.3 Å². The molecule has 2 aromatic heterocycles. The molecule has 0 aliphatic carbocycles. The lowest BCUT2D eigenvalue weighted by atomic mass is 10.2. The molecule has 2 aromatic rings. The van der Waals surface area contributed by atoms with E-state index >= 15 is 0 Å². The van der Waals surface area contributed by atoms with Crippen molar-refractivity contribution in [1.82, 2.24) is 15.1 Å². The molecule has 0 amide bonds. The second kappa shape index (κ2) is 4.85. The zero-order valence-corrected chi connectivity index (χ0v) is 9.18. The molecule has 0 unspecified atom stereocenters. The van der Waals surface area contributed by atoms with Gasteiger partial charge in [-0.25, -0.2) is 0 Å². The highest BCUT2D eigenvalue weighted by molar-refractivity contribution is 5.52. The van der Waals surface area contributed by atoms with Crippen molar-refractivity contribution in [2.24, 2.45) is 5.73 Å². The number of nitrogens with zero attached hydrogens (tertiary/aromatic N) is 3. The van der Waals surface area contributed by atoms with Crippen LogP contribution >= 0.6 is 0 Å². The lowest BCUT2D eigenvalue weighted by molar-refractivity contribution is 0.376. The highest BCUT2D eigenvalue weighted by atomic mass is 16.5. The molecule has 0 aliphatic heterocycles. The van der Waals surface area contributed by atoms with E-state index in [0.717, 1.165) is 24.1 Å². The van der Waals surface area contributed by atoms with Gasteiger partial charge < -0.3 is 10.3 Å². The van der Waals surface area contributed by atoms with Gasteiger partial charge in [-0.2, -0.15) is 4.98 Å². The fourth-order valence-corrected chi connectivity index (χ4v) is 1.33. The van der Waals surface area contributed by atoms with Gasteiger partial charge in [0.2, 0.25) is 11.7 Å². The molecule has 84 valence electrons. The first kappa shape index (κ1) is 10.8. The van der Waals surface area contributed by atoms with Crippen molar-refractivity contribution in [2.45, 2.75) is 19.8 Å². The van der Waals surface area contributed by atoms with Crippen molar-refractivity contribution >= 4 is 0 Å². The van der Waals surface area contributed by atoms with Crippen molar-refractivity contribution in [2.75, 3.05) is 6.54 Å². The monoisotopic (exact) mass is 218 g/mol. The molecule has 5 heteroatoms. The summed E-state index contributed by atoms with van der Waals surface area (Å²) < 4.78 is 5.11. The number of hydrogen-bond donors (Lipinski definition) is 1. The van der Waals surface area contributed by atoms with Crippen LogP contribution in [-0.2, 0) is 6.42 Å². The predicted octanol–water partition coefficient (Wildman–Crippen LogP) is 1.33. The van der Waals surface area contributed by atoms with Crippen LogP contribution in [0.4, 0.5) is 0 Å². The van der Waals surface area contributed by atoms with Crippen molar-refractivity contribution in [3.05, 3.63) is 29.9 Å². The first-order valence-corrected chi connectivity index (χ1v) is 5.25. The molecule has 0 spiro atoms. The smallest absolute Gasteiger partial charge is 0.227 e. The molecule has 0 aromatic carbocycles. The van der Waals surface area contributed by atoms with Gasteiger partial charge in [0.05, 0.1) is 0 Å². The minimum absolute atomic E-state index is 0.583. The van der Waals surface area contributed by atoms with E-state index in [1.54, 1.807) is 6.20 Å². The number of pyridine rings is 1. The third kappa shape index (κ3) is 2.43. The summed E-state index contributed by atoms with van der Waals surface area (Å²) in [7, 11) is 0. The Bertz CT molecular complexity index is 449. The minimum atomic E-state index is 0.583. The van der Waals surface area contributed by atoms with Gasteiger partial charge in [-0.05, 0) is 32.0 Å². The Hall–Kier alpha value is -1.75. The van der Waals surface area contributed by atoms with Crippen LogP contribution in [0.15, 0.2) is 22.9 Å². The topological polar surface area (TPSA) is 77.8 Å². The SMILES string of the molecule is Cc1ccc(-c2noc(CCCN)n2)cn1. The summed E-state index contributed by atoms with van der Waals surface area (Å²) in [5.41, 5.74) is 7.25. The highest BCUT2D eigenvalue weighted by Gasteiger charge is 2.07. The van der Waals surface area contributed by atoms with E-state index in [1.807, 2.05) is 19.1 Å². The molecule has 2 rings (SSSR count). The van der Waals surface area contributed by atoms with E-state index in [1.165, 1.54) is 0 Å². The minimum Gasteiger partial charge on any atom is -0.339 e. The number of nitrogens with two attached hydrogens (primary N) is 1. The molecule has 0 bridgehead atoms. The fourth-order valence-electron chi connectivity index (χ4n) is 1.33. The van der Waals surface area contributed by atoms with Crippen molar-refractivity contribution in [3.8, 4) is 11.4 Å². The second-order valence-electron chi connectivity index (χ2n) is 3.59. The Labute approximate surface area is 93.7 Å². The Morgan fingerprint density at radius 2 is 2.25 bits per heavy atom. The van der Waals surface area contributed by atoms with E-state index in [4.69, 9.17) is 10.3 Å². The summed E-state index contributed by atoms with van der Waals surface area (Å²) in [6, 6.07) is 3.85. The Kier molecular flexibility index (Phi) is 3.26. The standard InChI is InChI=1S/C11H14N4O/c1-8-4-5-9(7-13-8)11-14-10(16-15-11)3-2-6-12/h4-5,7H,2-3,6,12H2,1H3. The van der Waals surface area contributed by atoms with Gasteiger partial charge in [-0.15, -0.1) is 0 Å². The number of aryl methyl sites for hydroxylation is 2. The van der Waals surface area contributed by atoms with E-state index in [2.05, 4.69) is 15.1 Å². The molecule has 2 N–H and O–H groups in total. The van der Waals surface area contributed by atoms with Crippen LogP contribution in [0.2, 0.25) is 0 Å². The normalized spacial score (nSPS) is 10.6. The molecule has 0 atom stereocenters. The van der Waals surface area contributed by atoms with E-state index in [-0.39, 0.29) is 0 Å². The van der Waals surface area contributed by atoms with Crippen LogP contribution in [0.25, 0.3) is 11.4 Å². The van der Waals surface area contributed by atoms with Crippen LogP contribution in [0.1, 0.15) is 18.0 Å². The first-order valence-electron chi connectivity index (χ1n) is 5.25. The summed E-state index contributed by atoms with van der Waals surface area (Å²) in [6.07, 6.45) is 3.32. The zero-order valence-electron chi connectivity index (χ0n) is 9.18. The maximum atomic E-state index is 5.41. The molecule has 0 saturated heterocycles. The molecular weight excluding hydrogens is 204 g/mol. The molecule has 0 aliphatic rings. The van der Waals surface area contributed by atoms with Gasteiger partial charge in [0, 0.05) is 23.9 Å². The van der Waals surface area contributed by atoms with E-state index in [9.17, 15) is 0 Å². The van der Waals surface area contributed by atoms with Crippen molar-refractivity contribution in [1.29, 1.82) is 0 Å². The van der Waals surface area contributed by atoms with Gasteiger partial charge in [-0.3, -0.25) is 4.98 Å². The van der Waals surface area contributed by atoms with Crippen LogP contribution in [0, 0.1) is 6.92 Å². The van der Waals surface area contributed by atoms with Crippen LogP contribution in [0.3, 0.4) is 0 Å². The average molecular weight is 218 g/mol. The van der Waals surface area contributed by atoms with Crippen LogP contribution < -0.4 is 5.73 Å². The lowest BCUT2D eigenvalue weighted by Gasteiger charge is -1.93. The lowest BCUT2D eigenvalue weighted by Crippen LogP contribution is -2.00. The molecule has 0 radical (unpaired) electrons. The number of rotatable bonds is 4. The van der Waals surface area contributed by atoms with Crippen LogP contribution in [-0.4, -0.2) is 21.7 Å². The summed E-state index contributed by atoms with van der Waals surface area (Å²) >= 11 is 0. The fraction of sp³-hybridized carbons (Fsp3) is 0.364. The maximum absolute atomic E-state index is 5.41. The highest BCUT2D eigenvalue weighted by Crippen LogP contribution is 2.15. The quantitative estimate of drug-likeness (QED) is 0.837. The first-order chi connectivity index (χ1) is 7.79. The van der Waals surface area contributed by atoms with Gasteiger partial charge in [0.1, 0.15) is 0 Å². The van der Waals surface area contributed by atoms with Gasteiger partial charge in [-0.1, -0.05) is 5.16 Å². The molecular formula is C11H14N4O.